The van der Waals surface area contributed by atoms with Crippen molar-refractivity contribution in [3.63, 3.8) is 0 Å². The second-order valence-corrected chi connectivity index (χ2v) is 15.8. The van der Waals surface area contributed by atoms with Crippen molar-refractivity contribution < 1.29 is 9.47 Å². The van der Waals surface area contributed by atoms with Crippen molar-refractivity contribution in [1.29, 1.82) is 0 Å². The predicted octanol–water partition coefficient (Wildman–Crippen LogP) is 11.5. The second kappa shape index (κ2) is 12.2. The van der Waals surface area contributed by atoms with E-state index in [4.69, 9.17) is 19.4 Å². The number of unbranched alkanes of at least 4 members (excludes halogenated alkanes) is 2. The molecule has 0 radical (unpaired) electrons. The van der Waals surface area contributed by atoms with Crippen molar-refractivity contribution in [3.8, 4) is 0 Å². The Morgan fingerprint density at radius 3 is 2.02 bits per heavy atom. The Bertz CT molecular complexity index is 2160. The van der Waals surface area contributed by atoms with Crippen LogP contribution in [0.3, 0.4) is 0 Å². The van der Waals surface area contributed by atoms with E-state index in [0.717, 1.165) is 90.7 Å². The molecule has 4 atom stereocenters. The normalized spacial score (nSPS) is 24.8. The molecule has 6 aliphatic rings. The highest BCUT2D eigenvalue weighted by Gasteiger charge is 2.62. The fraction of sp³-hybridized carbons (Fsp3) is 0.500. The molecule has 6 heteroatoms. The van der Waals surface area contributed by atoms with Gasteiger partial charge in [0.05, 0.1) is 22.8 Å². The van der Waals surface area contributed by atoms with E-state index in [2.05, 4.69) is 109 Å². The molecule has 3 aliphatic carbocycles. The van der Waals surface area contributed by atoms with E-state index >= 15 is 0 Å². The largest absolute Gasteiger partial charge is 0.355 e. The van der Waals surface area contributed by atoms with E-state index in [1.807, 2.05) is 0 Å². The number of allylic oxidation sites excluding steroid dienone is 4. The predicted molar refractivity (Wildman–Crippen MR) is 207 cm³/mol. The Labute approximate surface area is 297 Å². The summed E-state index contributed by atoms with van der Waals surface area (Å²) in [5.41, 5.74) is 19.1. The molecule has 4 unspecified atom stereocenters. The Morgan fingerprint density at radius 2 is 1.30 bits per heavy atom. The van der Waals surface area contributed by atoms with Gasteiger partial charge in [0, 0.05) is 33.9 Å². The minimum Gasteiger partial charge on any atom is -0.355 e. The van der Waals surface area contributed by atoms with Gasteiger partial charge in [0.1, 0.15) is 11.7 Å². The maximum absolute atomic E-state index is 6.79. The number of hydrogen-bond donors (Lipinski definition) is 2. The molecule has 3 aliphatic heterocycles. The number of fused-ring (bicyclic) bond motifs is 8. The van der Waals surface area contributed by atoms with Crippen molar-refractivity contribution in [3.05, 3.63) is 81.4 Å². The van der Waals surface area contributed by atoms with Crippen LogP contribution in [0.5, 0.6) is 0 Å². The van der Waals surface area contributed by atoms with E-state index in [9.17, 15) is 0 Å². The van der Waals surface area contributed by atoms with Gasteiger partial charge in [-0.25, -0.2) is 9.97 Å². The highest BCUT2D eigenvalue weighted by Crippen LogP contribution is 2.60. The van der Waals surface area contributed by atoms with Crippen molar-refractivity contribution >= 4 is 44.4 Å². The monoisotopic (exact) mass is 670 g/mol. The zero-order chi connectivity index (χ0) is 35.1. The lowest BCUT2D eigenvalue weighted by Gasteiger charge is -2.46. The van der Waals surface area contributed by atoms with Crippen LogP contribution in [0, 0.1) is 6.92 Å². The first kappa shape index (κ1) is 33.4. The quantitative estimate of drug-likeness (QED) is 0.234. The summed E-state index contributed by atoms with van der Waals surface area (Å²) in [5.74, 6) is -0.503. The summed E-state index contributed by atoms with van der Waals surface area (Å²) < 4.78 is 13.5. The zero-order valence-electron chi connectivity index (χ0n) is 31.6. The summed E-state index contributed by atoms with van der Waals surface area (Å²) in [4.78, 5) is 18.7. The first-order chi connectivity index (χ1) is 24.0. The first-order valence-corrected chi connectivity index (χ1v) is 19.3. The Balaban J connectivity index is 1.49. The van der Waals surface area contributed by atoms with Gasteiger partial charge in [-0.05, 0) is 142 Å². The number of H-pyrrole nitrogens is 2. The molecule has 0 spiro atoms. The van der Waals surface area contributed by atoms with Crippen LogP contribution in [0.25, 0.3) is 44.4 Å². The second-order valence-electron chi connectivity index (χ2n) is 15.8. The zero-order valence-corrected chi connectivity index (χ0v) is 31.6. The number of nitrogens with zero attached hydrogens (tertiary/aromatic N) is 2. The van der Waals surface area contributed by atoms with Gasteiger partial charge < -0.3 is 19.4 Å². The lowest BCUT2D eigenvalue weighted by molar-refractivity contribution is -0.161. The highest BCUT2D eigenvalue weighted by atomic mass is 16.8. The van der Waals surface area contributed by atoms with Crippen LogP contribution < -0.4 is 0 Å². The molecule has 50 heavy (non-hydrogen) atoms. The van der Waals surface area contributed by atoms with E-state index < -0.39 is 11.4 Å². The average Bonchev–Trinajstić information content (AvgIpc) is 3.84. The summed E-state index contributed by atoms with van der Waals surface area (Å²) in [6.45, 7) is 20.0. The Hall–Kier alpha value is -3.74. The van der Waals surface area contributed by atoms with Crippen LogP contribution in [0.4, 0.5) is 0 Å². The third-order valence-corrected chi connectivity index (χ3v) is 12.1. The van der Waals surface area contributed by atoms with Crippen molar-refractivity contribution in [1.82, 2.24) is 19.9 Å². The van der Waals surface area contributed by atoms with Crippen LogP contribution in [0.15, 0.2) is 36.4 Å². The molecule has 3 aromatic rings. The smallest absolute Gasteiger partial charge is 0.164 e. The molecule has 3 aromatic heterocycles. The number of nitrogens with one attached hydrogen (secondary N) is 2. The molecule has 6 heterocycles. The van der Waals surface area contributed by atoms with E-state index in [-0.39, 0.29) is 17.9 Å². The summed E-state index contributed by atoms with van der Waals surface area (Å²) in [7, 11) is 0. The SMILES string of the molecule is CCCCC1=C(C)c2cc3[nH]c(cc4[nH]c(cc5nc(cc1n2)C(CC)=C5CC)c(CCCC)c4C)c1c3C2C=CC1C1OC(C)(C)OC21C. The van der Waals surface area contributed by atoms with E-state index in [0.29, 0.717) is 0 Å². The van der Waals surface area contributed by atoms with Crippen molar-refractivity contribution in [2.45, 2.75) is 143 Å². The topological polar surface area (TPSA) is 75.8 Å². The molecule has 1 saturated heterocycles. The number of aryl methyl sites for hydroxylation is 2. The van der Waals surface area contributed by atoms with Gasteiger partial charge >= 0.3 is 0 Å². The molecule has 262 valence electrons. The Morgan fingerprint density at radius 1 is 0.680 bits per heavy atom. The molecular formula is C44H54N4O2. The molecule has 0 saturated carbocycles. The number of hydrogen-bond acceptors (Lipinski definition) is 4. The molecular weight excluding hydrogens is 617 g/mol. The third kappa shape index (κ3) is 5.04. The standard InChI is InChI=1S/C44H54N4O2/c1-10-14-16-28-24(5)32-20-38-40-30-18-19-31(44(9)42(30)49-43(7,8)50-44)41(40)39(48-38)21-33-25(6)29(17-15-11-2)37(46-33)23-35-27(13-4)26(12-3)34(47-35)22-36(28)45-32/h18-23,30-31,42,45,48H,10-17H2,1-9H3. The number of rotatable bonds is 8. The molecule has 10 bridgehead atoms. The number of ether oxygens (including phenoxy) is 2. The van der Waals surface area contributed by atoms with E-state index in [1.165, 1.54) is 50.1 Å². The summed E-state index contributed by atoms with van der Waals surface area (Å²) in [6.07, 6.45) is 13.2. The Kier molecular flexibility index (Phi) is 8.15. The maximum Gasteiger partial charge on any atom is 0.164 e. The van der Waals surface area contributed by atoms with Crippen molar-refractivity contribution in [2.24, 2.45) is 0 Å². The van der Waals surface area contributed by atoms with Crippen LogP contribution in [-0.2, 0) is 15.9 Å². The van der Waals surface area contributed by atoms with Gasteiger partial charge in [-0.2, -0.15) is 0 Å². The fourth-order valence-corrected chi connectivity index (χ4v) is 9.68. The highest BCUT2D eigenvalue weighted by molar-refractivity contribution is 5.96. The van der Waals surface area contributed by atoms with E-state index in [1.54, 1.807) is 0 Å². The van der Waals surface area contributed by atoms with Gasteiger partial charge in [-0.3, -0.25) is 0 Å². The van der Waals surface area contributed by atoms with Crippen LogP contribution in [-0.4, -0.2) is 37.4 Å². The van der Waals surface area contributed by atoms with Gasteiger partial charge in [0.2, 0.25) is 0 Å². The summed E-state index contributed by atoms with van der Waals surface area (Å²) in [5, 5.41) is 0. The molecule has 1 fully saturated rings. The lowest BCUT2D eigenvalue weighted by atomic mass is 9.62. The molecule has 0 aromatic carbocycles. The molecule has 2 N–H and O–H groups in total. The van der Waals surface area contributed by atoms with Crippen molar-refractivity contribution in [2.75, 3.05) is 0 Å². The molecule has 9 rings (SSSR count). The minimum atomic E-state index is -0.642. The molecule has 6 nitrogen and oxygen atoms in total. The van der Waals surface area contributed by atoms with Gasteiger partial charge in [0.15, 0.2) is 5.79 Å². The van der Waals surface area contributed by atoms with Gasteiger partial charge in [-0.1, -0.05) is 52.7 Å². The summed E-state index contributed by atoms with van der Waals surface area (Å²) in [6, 6.07) is 9.28. The first-order valence-electron chi connectivity index (χ1n) is 19.3. The maximum atomic E-state index is 6.79. The number of aromatic amines is 2. The third-order valence-electron chi connectivity index (χ3n) is 12.1. The molecule has 0 amide bonds. The van der Waals surface area contributed by atoms with Crippen LogP contribution in [0.1, 0.15) is 157 Å². The average molecular weight is 671 g/mol. The fourth-order valence-electron chi connectivity index (χ4n) is 9.68. The van der Waals surface area contributed by atoms with Gasteiger partial charge in [-0.15, -0.1) is 0 Å². The lowest BCUT2D eigenvalue weighted by Crippen LogP contribution is -2.50. The van der Waals surface area contributed by atoms with Crippen LogP contribution >= 0.6 is 0 Å². The van der Waals surface area contributed by atoms with Gasteiger partial charge in [0.25, 0.3) is 0 Å². The minimum absolute atomic E-state index is 0.0572. The number of aromatic nitrogens is 4. The van der Waals surface area contributed by atoms with Crippen LogP contribution in [0.2, 0.25) is 0 Å². The summed E-state index contributed by atoms with van der Waals surface area (Å²) >= 11 is 0.